The molecule has 1 amide bonds. The molecule has 0 aliphatic heterocycles. The average molecular weight is 242 g/mol. The van der Waals surface area contributed by atoms with Crippen LogP contribution in [0.25, 0.3) is 0 Å². The molecule has 3 N–H and O–H groups in total. The summed E-state index contributed by atoms with van der Waals surface area (Å²) < 4.78 is 15.1. The van der Waals surface area contributed by atoms with Gasteiger partial charge in [0.25, 0.3) is 0 Å². The second-order valence-electron chi connectivity index (χ2n) is 2.69. The number of carbonyl (C=O) groups is 1. The molecule has 0 fully saturated rings. The van der Waals surface area contributed by atoms with Gasteiger partial charge >= 0.3 is 7.75 Å². The highest BCUT2D eigenvalue weighted by molar-refractivity contribution is 7.80. The number of nitrogens with one attached hydrogen (secondary N) is 2. The molecule has 84 valence electrons. The molecular weight excluding hydrogens is 227 g/mol. The highest BCUT2D eigenvalue weighted by Gasteiger charge is 2.17. The first-order chi connectivity index (χ1) is 6.41. The Morgan fingerprint density at radius 3 is 2.71 bits per heavy atom. The molecule has 0 heterocycles. The topological polar surface area (TPSA) is 87.7 Å². The van der Waals surface area contributed by atoms with Crippen LogP contribution in [0.2, 0.25) is 0 Å². The van der Waals surface area contributed by atoms with E-state index in [0.717, 1.165) is 7.11 Å². The Kier molecular flexibility index (Phi) is 6.39. The quantitative estimate of drug-likeness (QED) is 0.381. The van der Waals surface area contributed by atoms with E-state index >= 15 is 0 Å². The van der Waals surface area contributed by atoms with Crippen LogP contribution in [-0.2, 0) is 13.9 Å². The molecule has 2 atom stereocenters. The first-order valence-electron chi connectivity index (χ1n) is 3.95. The summed E-state index contributed by atoms with van der Waals surface area (Å²) in [6.45, 7) is 1.51. The van der Waals surface area contributed by atoms with Gasteiger partial charge in [0.05, 0.1) is 6.54 Å². The van der Waals surface area contributed by atoms with Crippen LogP contribution in [0.5, 0.6) is 0 Å². The van der Waals surface area contributed by atoms with Crippen molar-refractivity contribution in [3.8, 4) is 0 Å². The monoisotopic (exact) mass is 242 g/mol. The Balaban J connectivity index is 3.80. The summed E-state index contributed by atoms with van der Waals surface area (Å²) in [7, 11) is -2.72. The molecule has 8 heteroatoms. The second kappa shape index (κ2) is 6.42. The van der Waals surface area contributed by atoms with Crippen LogP contribution in [0.4, 0.5) is 0 Å². The normalized spacial score (nSPS) is 17.1. The average Bonchev–Trinajstić information content (AvgIpc) is 2.15. The van der Waals surface area contributed by atoms with Crippen molar-refractivity contribution in [3.05, 3.63) is 0 Å². The summed E-state index contributed by atoms with van der Waals surface area (Å²) in [5, 5.41) is 4.65. The van der Waals surface area contributed by atoms with Gasteiger partial charge in [-0.15, -0.1) is 0 Å². The van der Waals surface area contributed by atoms with Crippen LogP contribution in [0.3, 0.4) is 0 Å². The Labute approximate surface area is 88.4 Å². The van der Waals surface area contributed by atoms with Crippen LogP contribution in [0.15, 0.2) is 0 Å². The first kappa shape index (κ1) is 13.9. The van der Waals surface area contributed by atoms with Crippen LogP contribution >= 0.6 is 20.4 Å². The molecule has 2 unspecified atom stereocenters. The second-order valence-corrected chi connectivity index (χ2v) is 4.78. The molecule has 0 aromatic rings. The van der Waals surface area contributed by atoms with E-state index in [4.69, 9.17) is 4.89 Å². The van der Waals surface area contributed by atoms with E-state index in [9.17, 15) is 9.36 Å². The van der Waals surface area contributed by atoms with Gasteiger partial charge in [0.1, 0.15) is 0 Å². The van der Waals surface area contributed by atoms with Crippen molar-refractivity contribution in [2.24, 2.45) is 0 Å². The summed E-state index contributed by atoms with van der Waals surface area (Å²) in [5.41, 5.74) is 0. The fourth-order valence-corrected chi connectivity index (χ4v) is 1.17. The fraction of sp³-hybridized carbons (Fsp3) is 0.833. The fourth-order valence-electron chi connectivity index (χ4n) is 0.608. The van der Waals surface area contributed by atoms with Gasteiger partial charge in [0.2, 0.25) is 5.91 Å². The summed E-state index contributed by atoms with van der Waals surface area (Å²) >= 11 is 3.97. The molecule has 0 aromatic heterocycles. The van der Waals surface area contributed by atoms with Gasteiger partial charge in [-0.25, -0.2) is 9.65 Å². The van der Waals surface area contributed by atoms with Crippen molar-refractivity contribution in [1.29, 1.82) is 0 Å². The highest BCUT2D eigenvalue weighted by atomic mass is 32.1. The molecule has 0 spiro atoms. The number of hydrogen-bond donors (Lipinski definition) is 4. The van der Waals surface area contributed by atoms with E-state index in [1.165, 1.54) is 0 Å². The molecule has 0 radical (unpaired) electrons. The van der Waals surface area contributed by atoms with Gasteiger partial charge in [-0.2, -0.15) is 12.6 Å². The molecule has 14 heavy (non-hydrogen) atoms. The van der Waals surface area contributed by atoms with Crippen molar-refractivity contribution in [1.82, 2.24) is 10.4 Å². The van der Waals surface area contributed by atoms with Crippen molar-refractivity contribution >= 4 is 26.3 Å². The summed E-state index contributed by atoms with van der Waals surface area (Å²) in [5.74, 6) is 0.130. The zero-order valence-corrected chi connectivity index (χ0v) is 9.85. The third-order valence-electron chi connectivity index (χ3n) is 1.37. The van der Waals surface area contributed by atoms with Gasteiger partial charge in [-0.1, -0.05) is 0 Å². The van der Waals surface area contributed by atoms with Crippen LogP contribution in [-0.4, -0.2) is 36.2 Å². The lowest BCUT2D eigenvalue weighted by molar-refractivity contribution is -0.120. The SMILES string of the molecule is COP(=O)(O)NCC(=O)NC(C)CS. The number of amides is 1. The largest absolute Gasteiger partial charge is 0.403 e. The molecule has 0 rings (SSSR count). The van der Waals surface area contributed by atoms with Crippen LogP contribution < -0.4 is 10.4 Å². The summed E-state index contributed by atoms with van der Waals surface area (Å²) in [6.07, 6.45) is 0. The molecule has 6 nitrogen and oxygen atoms in total. The van der Waals surface area contributed by atoms with Gasteiger partial charge < -0.3 is 14.7 Å². The molecule has 0 saturated heterocycles. The van der Waals surface area contributed by atoms with Crippen molar-refractivity contribution in [2.75, 3.05) is 19.4 Å². The zero-order valence-electron chi connectivity index (χ0n) is 8.06. The van der Waals surface area contributed by atoms with E-state index in [-0.39, 0.29) is 18.5 Å². The predicted octanol–water partition coefficient (Wildman–Crippen LogP) is -0.243. The lowest BCUT2D eigenvalue weighted by atomic mass is 10.4. The molecule has 0 aliphatic carbocycles. The minimum Gasteiger partial charge on any atom is -0.352 e. The van der Waals surface area contributed by atoms with Crippen LogP contribution in [0, 0.1) is 0 Å². The summed E-state index contributed by atoms with van der Waals surface area (Å²) in [6, 6.07) is -0.0757. The first-order valence-corrected chi connectivity index (χ1v) is 6.16. The van der Waals surface area contributed by atoms with Crippen molar-refractivity contribution in [2.45, 2.75) is 13.0 Å². The van der Waals surface area contributed by atoms with Crippen LogP contribution in [0.1, 0.15) is 6.92 Å². The van der Waals surface area contributed by atoms with Gasteiger partial charge in [-0.3, -0.25) is 4.79 Å². The maximum absolute atomic E-state index is 11.1. The number of hydrogen-bond acceptors (Lipinski definition) is 4. The Morgan fingerprint density at radius 1 is 1.71 bits per heavy atom. The van der Waals surface area contributed by atoms with Gasteiger partial charge in [0.15, 0.2) is 0 Å². The number of carbonyl (C=O) groups excluding carboxylic acids is 1. The molecule has 0 bridgehead atoms. The minimum absolute atomic E-state index is 0.0757. The van der Waals surface area contributed by atoms with E-state index in [1.807, 2.05) is 0 Å². The number of thiol groups is 1. The lowest BCUT2D eigenvalue weighted by Gasteiger charge is -2.13. The van der Waals surface area contributed by atoms with Crippen molar-refractivity contribution in [3.63, 3.8) is 0 Å². The Morgan fingerprint density at radius 2 is 2.29 bits per heavy atom. The third kappa shape index (κ3) is 6.39. The molecule has 0 saturated carbocycles. The lowest BCUT2D eigenvalue weighted by Crippen LogP contribution is -2.39. The maximum atomic E-state index is 11.1. The zero-order chi connectivity index (χ0) is 11.2. The Hall–Kier alpha value is -0.0700. The van der Waals surface area contributed by atoms with Gasteiger partial charge in [0, 0.05) is 18.9 Å². The molecule has 0 aromatic carbocycles. The van der Waals surface area contributed by atoms with Gasteiger partial charge in [-0.05, 0) is 6.92 Å². The molecule has 0 aliphatic rings. The van der Waals surface area contributed by atoms with E-state index in [0.29, 0.717) is 5.75 Å². The third-order valence-corrected chi connectivity index (χ3v) is 2.97. The predicted molar refractivity (Wildman–Crippen MR) is 56.3 cm³/mol. The van der Waals surface area contributed by atoms with E-state index in [1.54, 1.807) is 6.92 Å². The standard InChI is InChI=1S/C6H15N2O4PS/c1-5(4-14)8-6(9)3-7-13(10,11)12-2/h5,14H,3-4H2,1-2H3,(H,8,9)(H2,7,10,11). The van der Waals surface area contributed by atoms with E-state index < -0.39 is 7.75 Å². The highest BCUT2D eigenvalue weighted by Crippen LogP contribution is 2.34. The maximum Gasteiger partial charge on any atom is 0.403 e. The molecular formula is C6H15N2O4PS. The number of rotatable bonds is 6. The smallest absolute Gasteiger partial charge is 0.352 e. The summed E-state index contributed by atoms with van der Waals surface area (Å²) in [4.78, 5) is 20.0. The minimum atomic E-state index is -3.81. The van der Waals surface area contributed by atoms with Crippen molar-refractivity contribution < 1.29 is 18.8 Å². The van der Waals surface area contributed by atoms with E-state index in [2.05, 4.69) is 27.6 Å². The Bertz CT molecular complexity index is 238.